The molecule has 27 heavy (non-hydrogen) atoms. The van der Waals surface area contributed by atoms with Gasteiger partial charge in [0.2, 0.25) is 5.95 Å². The Balaban J connectivity index is 0.00000131. The Morgan fingerprint density at radius 1 is 1.04 bits per heavy atom. The number of halogens is 4. The molecular formula is C18H17Cl2F2N5. The van der Waals surface area contributed by atoms with E-state index in [0.717, 1.165) is 5.82 Å². The minimum absolute atomic E-state index is 0. The van der Waals surface area contributed by atoms with Crippen molar-refractivity contribution < 1.29 is 8.78 Å². The van der Waals surface area contributed by atoms with Crippen molar-refractivity contribution in [3.8, 4) is 11.4 Å². The first kappa shape index (κ1) is 20.8. The molecule has 5 nitrogen and oxygen atoms in total. The molecule has 3 heterocycles. The van der Waals surface area contributed by atoms with E-state index in [4.69, 9.17) is 0 Å². The van der Waals surface area contributed by atoms with Gasteiger partial charge in [0.05, 0.1) is 6.54 Å². The number of hydrogen-bond acceptors (Lipinski definition) is 3. The molecule has 3 aromatic heterocycles. The van der Waals surface area contributed by atoms with Crippen LogP contribution in [-0.4, -0.2) is 24.1 Å². The zero-order valence-corrected chi connectivity index (χ0v) is 16.0. The summed E-state index contributed by atoms with van der Waals surface area (Å²) in [6.45, 7) is 3.00. The lowest BCUT2D eigenvalue weighted by Gasteiger charge is -2.09. The summed E-state index contributed by atoms with van der Waals surface area (Å²) in [5.41, 5.74) is 1.85. The number of rotatable bonds is 4. The van der Waals surface area contributed by atoms with Gasteiger partial charge in [-0.15, -0.1) is 24.8 Å². The Labute approximate surface area is 166 Å². The average Bonchev–Trinajstić information content (AvgIpc) is 3.19. The van der Waals surface area contributed by atoms with Crippen molar-refractivity contribution in [3.63, 3.8) is 0 Å². The fourth-order valence-corrected chi connectivity index (χ4v) is 2.96. The lowest BCUT2D eigenvalue weighted by atomic mass is 10.2. The third kappa shape index (κ3) is 3.94. The van der Waals surface area contributed by atoms with E-state index >= 15 is 0 Å². The van der Waals surface area contributed by atoms with Gasteiger partial charge in [0.15, 0.2) is 5.65 Å². The molecule has 0 aliphatic carbocycles. The van der Waals surface area contributed by atoms with E-state index in [1.807, 2.05) is 28.3 Å². The van der Waals surface area contributed by atoms with Crippen molar-refractivity contribution in [1.29, 1.82) is 0 Å². The molecule has 0 amide bonds. The normalized spacial score (nSPS) is 10.5. The van der Waals surface area contributed by atoms with Crippen LogP contribution in [-0.2, 0) is 13.1 Å². The summed E-state index contributed by atoms with van der Waals surface area (Å²) in [6, 6.07) is 9.22. The highest BCUT2D eigenvalue weighted by atomic mass is 35.5. The second kappa shape index (κ2) is 8.45. The highest BCUT2D eigenvalue weighted by Crippen LogP contribution is 2.21. The smallest absolute Gasteiger partial charge is 0.214 e. The lowest BCUT2D eigenvalue weighted by Crippen LogP contribution is -2.09. The largest absolute Gasteiger partial charge is 0.323 e. The fraction of sp³-hybridized carbons (Fsp3) is 0.167. The van der Waals surface area contributed by atoms with Gasteiger partial charge in [0.25, 0.3) is 0 Å². The van der Waals surface area contributed by atoms with Gasteiger partial charge in [0.1, 0.15) is 23.0 Å². The fourth-order valence-electron chi connectivity index (χ4n) is 2.96. The molecule has 0 atom stereocenters. The van der Waals surface area contributed by atoms with E-state index < -0.39 is 5.95 Å². The third-order valence-corrected chi connectivity index (χ3v) is 4.06. The number of aryl methyl sites for hydroxylation is 1. The van der Waals surface area contributed by atoms with Crippen LogP contribution in [0.25, 0.3) is 22.6 Å². The van der Waals surface area contributed by atoms with E-state index in [1.165, 1.54) is 18.2 Å². The van der Waals surface area contributed by atoms with E-state index in [1.54, 1.807) is 18.3 Å². The molecule has 142 valence electrons. The van der Waals surface area contributed by atoms with Gasteiger partial charge >= 0.3 is 0 Å². The van der Waals surface area contributed by atoms with Gasteiger partial charge in [-0.3, -0.25) is 0 Å². The van der Waals surface area contributed by atoms with Crippen LogP contribution in [0.5, 0.6) is 0 Å². The predicted molar refractivity (Wildman–Crippen MR) is 104 cm³/mol. The lowest BCUT2D eigenvalue weighted by molar-refractivity contribution is 0.583. The summed E-state index contributed by atoms with van der Waals surface area (Å²) in [7, 11) is 0. The van der Waals surface area contributed by atoms with Crippen molar-refractivity contribution in [3.05, 3.63) is 66.4 Å². The van der Waals surface area contributed by atoms with Gasteiger partial charge in [-0.25, -0.2) is 14.4 Å². The highest BCUT2D eigenvalue weighted by molar-refractivity contribution is 5.85. The Kier molecular flexibility index (Phi) is 6.51. The molecular weight excluding hydrogens is 395 g/mol. The Bertz CT molecular complexity index is 1060. The monoisotopic (exact) mass is 411 g/mol. The second-order valence-corrected chi connectivity index (χ2v) is 5.64. The van der Waals surface area contributed by atoms with Crippen LogP contribution in [0, 0.1) is 11.8 Å². The SMILES string of the molecule is CCn1c(Cn2ccnc2-c2cccc(F)c2)nc2ccc(F)nc21.Cl.Cl. The molecule has 0 bridgehead atoms. The van der Waals surface area contributed by atoms with E-state index in [-0.39, 0.29) is 30.6 Å². The summed E-state index contributed by atoms with van der Waals surface area (Å²) in [5, 5.41) is 0. The van der Waals surface area contributed by atoms with Crippen LogP contribution in [0.15, 0.2) is 48.8 Å². The molecule has 4 rings (SSSR count). The summed E-state index contributed by atoms with van der Waals surface area (Å²) < 4.78 is 30.7. The van der Waals surface area contributed by atoms with Crippen LogP contribution in [0.3, 0.4) is 0 Å². The van der Waals surface area contributed by atoms with Crippen LogP contribution >= 0.6 is 24.8 Å². The molecule has 0 N–H and O–H groups in total. The first-order valence-electron chi connectivity index (χ1n) is 7.94. The third-order valence-electron chi connectivity index (χ3n) is 4.06. The topological polar surface area (TPSA) is 48.5 Å². The Hall–Kier alpha value is -2.51. The summed E-state index contributed by atoms with van der Waals surface area (Å²) in [6.07, 6.45) is 3.48. The van der Waals surface area contributed by atoms with Crippen molar-refractivity contribution >= 4 is 36.0 Å². The van der Waals surface area contributed by atoms with Crippen LogP contribution in [0.1, 0.15) is 12.7 Å². The summed E-state index contributed by atoms with van der Waals surface area (Å²) >= 11 is 0. The zero-order valence-electron chi connectivity index (χ0n) is 14.3. The van der Waals surface area contributed by atoms with Crippen molar-refractivity contribution in [1.82, 2.24) is 24.1 Å². The molecule has 0 unspecified atom stereocenters. The number of nitrogens with zero attached hydrogens (tertiary/aromatic N) is 5. The molecule has 4 aromatic rings. The van der Waals surface area contributed by atoms with E-state index in [2.05, 4.69) is 15.0 Å². The molecule has 1 aromatic carbocycles. The van der Waals surface area contributed by atoms with Crippen LogP contribution in [0.2, 0.25) is 0 Å². The van der Waals surface area contributed by atoms with Gasteiger partial charge in [-0.2, -0.15) is 9.37 Å². The van der Waals surface area contributed by atoms with Gasteiger partial charge in [-0.05, 0) is 31.2 Å². The highest BCUT2D eigenvalue weighted by Gasteiger charge is 2.14. The average molecular weight is 412 g/mol. The number of fused-ring (bicyclic) bond motifs is 1. The maximum absolute atomic E-state index is 13.5. The Morgan fingerprint density at radius 3 is 2.59 bits per heavy atom. The van der Waals surface area contributed by atoms with Crippen molar-refractivity contribution in [2.24, 2.45) is 0 Å². The van der Waals surface area contributed by atoms with Gasteiger partial charge < -0.3 is 9.13 Å². The number of imidazole rings is 2. The van der Waals surface area contributed by atoms with Gasteiger partial charge in [0, 0.05) is 24.5 Å². The van der Waals surface area contributed by atoms with E-state index in [9.17, 15) is 8.78 Å². The molecule has 0 spiro atoms. The molecule has 0 aliphatic heterocycles. The zero-order chi connectivity index (χ0) is 17.4. The van der Waals surface area contributed by atoms with Crippen molar-refractivity contribution in [2.45, 2.75) is 20.0 Å². The quantitative estimate of drug-likeness (QED) is 0.465. The Morgan fingerprint density at radius 2 is 1.85 bits per heavy atom. The summed E-state index contributed by atoms with van der Waals surface area (Å²) in [4.78, 5) is 12.8. The first-order chi connectivity index (χ1) is 12.2. The van der Waals surface area contributed by atoms with Crippen LogP contribution in [0.4, 0.5) is 8.78 Å². The van der Waals surface area contributed by atoms with Gasteiger partial charge in [-0.1, -0.05) is 12.1 Å². The molecule has 0 saturated heterocycles. The molecule has 0 saturated carbocycles. The number of pyridine rings is 1. The maximum Gasteiger partial charge on any atom is 0.214 e. The number of benzene rings is 1. The molecule has 0 aliphatic rings. The van der Waals surface area contributed by atoms with E-state index in [0.29, 0.717) is 35.6 Å². The minimum Gasteiger partial charge on any atom is -0.323 e. The first-order valence-corrected chi connectivity index (χ1v) is 7.94. The minimum atomic E-state index is -0.531. The summed E-state index contributed by atoms with van der Waals surface area (Å²) in [5.74, 6) is 0.545. The molecule has 0 radical (unpaired) electrons. The van der Waals surface area contributed by atoms with Crippen LogP contribution < -0.4 is 0 Å². The number of hydrogen-bond donors (Lipinski definition) is 0. The standard InChI is InChI=1S/C18H15F2N5.2ClH/c1-2-25-16(22-14-6-7-15(20)23-18(14)25)11-24-9-8-21-17(24)12-4-3-5-13(19)10-12;;/h3-10H,2,11H2,1H3;2*1H. The maximum atomic E-state index is 13.5. The molecule has 0 fully saturated rings. The predicted octanol–water partition coefficient (Wildman–Crippen LogP) is 4.48. The second-order valence-electron chi connectivity index (χ2n) is 5.64. The van der Waals surface area contributed by atoms with Crippen molar-refractivity contribution in [2.75, 3.05) is 0 Å². The number of aromatic nitrogens is 5. The molecule has 9 heteroatoms.